The Morgan fingerprint density at radius 2 is 1.53 bits per heavy atom. The number of rotatable bonds is 1. The van der Waals surface area contributed by atoms with Crippen molar-refractivity contribution in [2.24, 2.45) is 23.7 Å². The quantitative estimate of drug-likeness (QED) is 0.694. The Morgan fingerprint density at radius 3 is 1.93 bits per heavy atom. The zero-order valence-corrected chi connectivity index (χ0v) is 9.74. The van der Waals surface area contributed by atoms with E-state index in [9.17, 15) is 10.2 Å². The third-order valence-electron chi connectivity index (χ3n) is 5.39. The molecule has 0 aromatic heterocycles. The second kappa shape index (κ2) is 2.78. The molecule has 15 heavy (non-hydrogen) atoms. The average Bonchev–Trinajstić information content (AvgIpc) is 2.10. The summed E-state index contributed by atoms with van der Waals surface area (Å²) in [6.07, 6.45) is 4.97. The lowest BCUT2D eigenvalue weighted by Gasteiger charge is -2.63. The molecule has 0 spiro atoms. The third-order valence-corrected chi connectivity index (χ3v) is 5.39. The third kappa shape index (κ3) is 1.18. The van der Waals surface area contributed by atoms with Gasteiger partial charge in [-0.05, 0) is 55.8 Å². The molecule has 4 bridgehead atoms. The van der Waals surface area contributed by atoms with E-state index in [0.29, 0.717) is 23.7 Å². The van der Waals surface area contributed by atoms with Crippen LogP contribution in [0.1, 0.15) is 46.0 Å². The van der Waals surface area contributed by atoms with Gasteiger partial charge in [0.15, 0.2) is 0 Å². The van der Waals surface area contributed by atoms with Crippen LogP contribution in [0.2, 0.25) is 0 Å². The van der Waals surface area contributed by atoms with Crippen molar-refractivity contribution in [2.45, 2.75) is 57.2 Å². The van der Waals surface area contributed by atoms with Gasteiger partial charge in [0.25, 0.3) is 0 Å². The molecule has 2 unspecified atom stereocenters. The van der Waals surface area contributed by atoms with Crippen molar-refractivity contribution in [3.05, 3.63) is 0 Å². The number of aliphatic hydroxyl groups is 2. The zero-order valence-electron chi connectivity index (χ0n) is 9.74. The lowest BCUT2D eigenvalue weighted by atomic mass is 9.46. The molecule has 86 valence electrons. The van der Waals surface area contributed by atoms with Gasteiger partial charge < -0.3 is 10.2 Å². The Bertz CT molecular complexity index is 268. The highest BCUT2D eigenvalue weighted by molar-refractivity contribution is 5.13. The van der Waals surface area contributed by atoms with Crippen LogP contribution in [-0.2, 0) is 0 Å². The molecule has 0 radical (unpaired) electrons. The summed E-state index contributed by atoms with van der Waals surface area (Å²) in [7, 11) is 0. The van der Waals surface area contributed by atoms with Crippen molar-refractivity contribution in [3.8, 4) is 0 Å². The van der Waals surface area contributed by atoms with E-state index in [1.165, 1.54) is 0 Å². The van der Waals surface area contributed by atoms with Gasteiger partial charge in [-0.25, -0.2) is 0 Å². The van der Waals surface area contributed by atoms with Gasteiger partial charge in [0.2, 0.25) is 0 Å². The van der Waals surface area contributed by atoms with E-state index in [4.69, 9.17) is 0 Å². The fourth-order valence-electron chi connectivity index (χ4n) is 4.92. The molecule has 2 atom stereocenters. The summed E-state index contributed by atoms with van der Waals surface area (Å²) in [5.74, 6) is 1.73. The van der Waals surface area contributed by atoms with Gasteiger partial charge in [-0.3, -0.25) is 0 Å². The molecule has 4 aliphatic carbocycles. The SMILES string of the molecule is CC(C)C1(O)C2CC3CC1CC(O)(C3)C2. The summed E-state index contributed by atoms with van der Waals surface area (Å²) < 4.78 is 0. The van der Waals surface area contributed by atoms with E-state index in [2.05, 4.69) is 13.8 Å². The minimum atomic E-state index is -0.483. The first kappa shape index (κ1) is 10.1. The number of hydrogen-bond donors (Lipinski definition) is 2. The maximum absolute atomic E-state index is 10.9. The molecule has 4 aliphatic rings. The Balaban J connectivity index is 1.97. The largest absolute Gasteiger partial charge is 0.390 e. The van der Waals surface area contributed by atoms with E-state index in [-0.39, 0.29) is 0 Å². The minimum Gasteiger partial charge on any atom is -0.390 e. The molecule has 0 saturated heterocycles. The van der Waals surface area contributed by atoms with Gasteiger partial charge in [-0.2, -0.15) is 0 Å². The maximum atomic E-state index is 10.9. The van der Waals surface area contributed by atoms with Crippen LogP contribution in [0, 0.1) is 23.7 Å². The monoisotopic (exact) mass is 210 g/mol. The first-order chi connectivity index (χ1) is 6.94. The predicted octanol–water partition coefficient (Wildman–Crippen LogP) is 1.94. The van der Waals surface area contributed by atoms with Gasteiger partial charge in [-0.1, -0.05) is 13.8 Å². The molecule has 0 amide bonds. The fraction of sp³-hybridized carbons (Fsp3) is 1.00. The molecular weight excluding hydrogens is 188 g/mol. The Labute approximate surface area is 91.7 Å². The fourth-order valence-corrected chi connectivity index (χ4v) is 4.92. The van der Waals surface area contributed by atoms with Crippen LogP contribution in [-0.4, -0.2) is 21.4 Å². The summed E-state index contributed by atoms with van der Waals surface area (Å²) >= 11 is 0. The standard InChI is InChI=1S/C13H22O2/c1-8(2)13(15)10-3-9-4-11(13)7-12(14,5-9)6-10/h8-11,14-15H,3-7H2,1-2H3. The van der Waals surface area contributed by atoms with Crippen LogP contribution in [0.4, 0.5) is 0 Å². The summed E-state index contributed by atoms with van der Waals surface area (Å²) in [5, 5.41) is 21.3. The zero-order chi connectivity index (χ0) is 10.8. The highest BCUT2D eigenvalue weighted by Gasteiger charge is 2.62. The molecule has 4 saturated carbocycles. The molecule has 0 aromatic carbocycles. The molecule has 4 fully saturated rings. The topological polar surface area (TPSA) is 40.5 Å². The van der Waals surface area contributed by atoms with E-state index in [1.54, 1.807) is 0 Å². The predicted molar refractivity (Wildman–Crippen MR) is 58.3 cm³/mol. The smallest absolute Gasteiger partial charge is 0.0728 e. The maximum Gasteiger partial charge on any atom is 0.0728 e. The van der Waals surface area contributed by atoms with Crippen LogP contribution >= 0.6 is 0 Å². The molecule has 2 nitrogen and oxygen atoms in total. The van der Waals surface area contributed by atoms with Gasteiger partial charge in [0.1, 0.15) is 0 Å². The van der Waals surface area contributed by atoms with Crippen molar-refractivity contribution in [1.82, 2.24) is 0 Å². The molecule has 0 aromatic rings. The van der Waals surface area contributed by atoms with Crippen LogP contribution in [0.5, 0.6) is 0 Å². The van der Waals surface area contributed by atoms with Crippen LogP contribution in [0.3, 0.4) is 0 Å². The van der Waals surface area contributed by atoms with Crippen molar-refractivity contribution in [3.63, 3.8) is 0 Å². The Hall–Kier alpha value is -0.0800. The molecule has 2 N–H and O–H groups in total. The summed E-state index contributed by atoms with van der Waals surface area (Å²) in [6.45, 7) is 4.26. The van der Waals surface area contributed by atoms with Crippen molar-refractivity contribution in [1.29, 1.82) is 0 Å². The molecule has 4 rings (SSSR count). The lowest BCUT2D eigenvalue weighted by Crippen LogP contribution is -2.65. The second-order valence-electron chi connectivity index (χ2n) is 6.61. The Morgan fingerprint density at radius 1 is 1.00 bits per heavy atom. The first-order valence-electron chi connectivity index (χ1n) is 6.39. The molecule has 0 aliphatic heterocycles. The normalized spacial score (nSPS) is 57.8. The molecule has 0 heterocycles. The van der Waals surface area contributed by atoms with Gasteiger partial charge >= 0.3 is 0 Å². The van der Waals surface area contributed by atoms with Crippen LogP contribution in [0.25, 0.3) is 0 Å². The summed E-state index contributed by atoms with van der Waals surface area (Å²) in [5.41, 5.74) is -0.902. The van der Waals surface area contributed by atoms with Gasteiger partial charge in [-0.15, -0.1) is 0 Å². The van der Waals surface area contributed by atoms with Crippen molar-refractivity contribution >= 4 is 0 Å². The summed E-state index contributed by atoms with van der Waals surface area (Å²) in [4.78, 5) is 0. The second-order valence-corrected chi connectivity index (χ2v) is 6.61. The van der Waals surface area contributed by atoms with E-state index < -0.39 is 11.2 Å². The van der Waals surface area contributed by atoms with Crippen molar-refractivity contribution in [2.75, 3.05) is 0 Å². The van der Waals surface area contributed by atoms with Gasteiger partial charge in [0, 0.05) is 0 Å². The molecular formula is C13H22O2. The highest BCUT2D eigenvalue weighted by Crippen LogP contribution is 2.61. The van der Waals surface area contributed by atoms with E-state index >= 15 is 0 Å². The van der Waals surface area contributed by atoms with Crippen LogP contribution < -0.4 is 0 Å². The molecule has 2 heteroatoms. The van der Waals surface area contributed by atoms with Crippen molar-refractivity contribution < 1.29 is 10.2 Å². The van der Waals surface area contributed by atoms with Gasteiger partial charge in [0.05, 0.1) is 11.2 Å². The number of hydrogen-bond acceptors (Lipinski definition) is 2. The Kier molecular flexibility index (Phi) is 1.87. The van der Waals surface area contributed by atoms with E-state index in [1.807, 2.05) is 0 Å². The lowest BCUT2D eigenvalue weighted by molar-refractivity contribution is -0.241. The average molecular weight is 210 g/mol. The minimum absolute atomic E-state index is 0.330. The highest BCUT2D eigenvalue weighted by atomic mass is 16.3. The van der Waals surface area contributed by atoms with E-state index in [0.717, 1.165) is 32.1 Å². The van der Waals surface area contributed by atoms with Crippen LogP contribution in [0.15, 0.2) is 0 Å². The first-order valence-corrected chi connectivity index (χ1v) is 6.39. The summed E-state index contributed by atoms with van der Waals surface area (Å²) in [6, 6.07) is 0.